The van der Waals surface area contributed by atoms with Crippen molar-refractivity contribution in [1.29, 1.82) is 0 Å². The minimum absolute atomic E-state index is 0.0399. The van der Waals surface area contributed by atoms with Crippen molar-refractivity contribution in [3.63, 3.8) is 0 Å². The molecule has 1 aliphatic heterocycles. The quantitative estimate of drug-likeness (QED) is 0.905. The van der Waals surface area contributed by atoms with Crippen LogP contribution in [0.25, 0.3) is 0 Å². The van der Waals surface area contributed by atoms with Gasteiger partial charge in [-0.1, -0.05) is 31.2 Å². The van der Waals surface area contributed by atoms with Gasteiger partial charge >= 0.3 is 5.97 Å². The monoisotopic (exact) mass is 301 g/mol. The lowest BCUT2D eigenvalue weighted by Gasteiger charge is -2.28. The molecule has 1 fully saturated rings. The summed E-state index contributed by atoms with van der Waals surface area (Å²) in [6.45, 7) is 2.61. The molecule has 3 rings (SSSR count). The summed E-state index contributed by atoms with van der Waals surface area (Å²) in [5.41, 5.74) is 1.42. The van der Waals surface area contributed by atoms with Gasteiger partial charge in [-0.15, -0.1) is 0 Å². The normalized spacial score (nSPS) is 27.6. The first-order valence-corrected chi connectivity index (χ1v) is 7.62. The third-order valence-corrected chi connectivity index (χ3v) is 4.84. The van der Waals surface area contributed by atoms with Crippen molar-refractivity contribution in [1.82, 2.24) is 4.90 Å². The van der Waals surface area contributed by atoms with Crippen LogP contribution < -0.4 is 0 Å². The number of aliphatic carboxylic acids is 1. The Bertz CT molecular complexity index is 639. The molecule has 22 heavy (non-hydrogen) atoms. The van der Waals surface area contributed by atoms with E-state index in [1.54, 1.807) is 11.0 Å². The summed E-state index contributed by atoms with van der Waals surface area (Å²) >= 11 is 0. The number of benzene rings is 1. The average Bonchev–Trinajstić information content (AvgIpc) is 2.89. The number of rotatable bonds is 2. The van der Waals surface area contributed by atoms with Crippen LogP contribution in [0.3, 0.4) is 0 Å². The molecule has 3 atom stereocenters. The van der Waals surface area contributed by atoms with E-state index in [2.05, 4.69) is 0 Å². The van der Waals surface area contributed by atoms with Gasteiger partial charge in [-0.2, -0.15) is 0 Å². The topological polar surface area (TPSA) is 74.7 Å². The molecule has 1 aromatic carbocycles. The van der Waals surface area contributed by atoms with E-state index in [1.165, 1.54) is 0 Å². The number of carbonyl (C=O) groups is 3. The van der Waals surface area contributed by atoms with Gasteiger partial charge < -0.3 is 10.0 Å². The van der Waals surface area contributed by atoms with Gasteiger partial charge in [0.25, 0.3) is 0 Å². The number of ketones is 1. The van der Waals surface area contributed by atoms with Gasteiger partial charge in [-0.05, 0) is 17.9 Å². The number of Topliss-reactive ketones (excluding diaryl/α,β-unsaturated/α-hetero) is 1. The lowest BCUT2D eigenvalue weighted by molar-refractivity contribution is -0.142. The molecule has 1 aromatic rings. The molecule has 1 aliphatic carbocycles. The predicted octanol–water partition coefficient (Wildman–Crippen LogP) is 1.93. The summed E-state index contributed by atoms with van der Waals surface area (Å²) < 4.78 is 0. The Morgan fingerprint density at radius 1 is 1.23 bits per heavy atom. The fourth-order valence-corrected chi connectivity index (χ4v) is 3.57. The van der Waals surface area contributed by atoms with E-state index in [1.807, 2.05) is 25.1 Å². The number of carboxylic acids is 1. The lowest BCUT2D eigenvalue weighted by atomic mass is 9.81. The van der Waals surface area contributed by atoms with Crippen molar-refractivity contribution >= 4 is 17.7 Å². The molecule has 0 aromatic heterocycles. The highest BCUT2D eigenvalue weighted by Crippen LogP contribution is 2.35. The summed E-state index contributed by atoms with van der Waals surface area (Å²) in [4.78, 5) is 37.6. The largest absolute Gasteiger partial charge is 0.481 e. The number of amides is 1. The Hall–Kier alpha value is -2.17. The van der Waals surface area contributed by atoms with Gasteiger partial charge in [0.1, 0.15) is 0 Å². The van der Waals surface area contributed by atoms with E-state index in [0.717, 1.165) is 5.56 Å². The number of fused-ring (bicyclic) bond motifs is 1. The molecule has 0 radical (unpaired) electrons. The molecular formula is C17H19NO4. The molecule has 0 spiro atoms. The molecule has 0 bridgehead atoms. The molecule has 2 aliphatic rings. The van der Waals surface area contributed by atoms with Crippen LogP contribution >= 0.6 is 0 Å². The molecule has 1 N–H and O–H groups in total. The van der Waals surface area contributed by atoms with E-state index in [4.69, 9.17) is 0 Å². The Morgan fingerprint density at radius 3 is 2.64 bits per heavy atom. The highest BCUT2D eigenvalue weighted by Gasteiger charge is 2.40. The molecule has 1 unspecified atom stereocenters. The lowest BCUT2D eigenvalue weighted by Crippen LogP contribution is -2.36. The maximum atomic E-state index is 12.8. The molecule has 1 saturated heterocycles. The van der Waals surface area contributed by atoms with E-state index in [0.29, 0.717) is 24.9 Å². The number of carboxylic acid groups (broad SMARTS) is 1. The van der Waals surface area contributed by atoms with Gasteiger partial charge in [0.15, 0.2) is 5.78 Å². The second kappa shape index (κ2) is 5.55. The van der Waals surface area contributed by atoms with Gasteiger partial charge in [0, 0.05) is 25.1 Å². The number of likely N-dealkylation sites (tertiary alicyclic amines) is 1. The van der Waals surface area contributed by atoms with Crippen LogP contribution in [0.2, 0.25) is 0 Å². The molecule has 5 heteroatoms. The zero-order valence-electron chi connectivity index (χ0n) is 12.5. The Balaban J connectivity index is 1.84. The molecule has 1 heterocycles. The fraction of sp³-hybridized carbons (Fsp3) is 0.471. The smallest absolute Gasteiger partial charge is 0.308 e. The second-order valence-electron chi connectivity index (χ2n) is 6.27. The van der Waals surface area contributed by atoms with Gasteiger partial charge in [-0.3, -0.25) is 14.4 Å². The molecule has 5 nitrogen and oxygen atoms in total. The van der Waals surface area contributed by atoms with Crippen LogP contribution in [-0.4, -0.2) is 40.8 Å². The zero-order chi connectivity index (χ0) is 15.9. The first-order chi connectivity index (χ1) is 10.5. The molecule has 116 valence electrons. The molecule has 0 saturated carbocycles. The summed E-state index contributed by atoms with van der Waals surface area (Å²) in [6.07, 6.45) is 0.885. The van der Waals surface area contributed by atoms with Gasteiger partial charge in [0.05, 0.1) is 11.8 Å². The van der Waals surface area contributed by atoms with Crippen LogP contribution in [0.4, 0.5) is 0 Å². The Morgan fingerprint density at radius 2 is 1.95 bits per heavy atom. The minimum Gasteiger partial charge on any atom is -0.481 e. The maximum absolute atomic E-state index is 12.8. The predicted molar refractivity (Wildman–Crippen MR) is 79.6 cm³/mol. The third kappa shape index (κ3) is 2.40. The number of carbonyl (C=O) groups excluding carboxylic acids is 2. The standard InChI is InChI=1S/C17H19NO4/c1-10-8-18(9-14(10)17(21)22)16(20)13-6-7-15(19)12-5-3-2-4-11(12)13/h2-5,10,13-14H,6-9H2,1H3,(H,21,22)/t10-,13?,14-/m1/s1. The van der Waals surface area contributed by atoms with E-state index in [-0.39, 0.29) is 30.1 Å². The Kier molecular flexibility index (Phi) is 3.72. The van der Waals surface area contributed by atoms with E-state index >= 15 is 0 Å². The van der Waals surface area contributed by atoms with Crippen molar-refractivity contribution in [2.24, 2.45) is 11.8 Å². The van der Waals surface area contributed by atoms with Crippen molar-refractivity contribution in [2.75, 3.05) is 13.1 Å². The molecule has 1 amide bonds. The molecular weight excluding hydrogens is 282 g/mol. The van der Waals surface area contributed by atoms with Crippen molar-refractivity contribution < 1.29 is 19.5 Å². The first-order valence-electron chi connectivity index (χ1n) is 7.62. The van der Waals surface area contributed by atoms with E-state index in [9.17, 15) is 19.5 Å². The van der Waals surface area contributed by atoms with Crippen LogP contribution in [0.5, 0.6) is 0 Å². The summed E-state index contributed by atoms with van der Waals surface area (Å²) in [6, 6.07) is 7.25. The van der Waals surface area contributed by atoms with E-state index < -0.39 is 11.9 Å². The maximum Gasteiger partial charge on any atom is 0.308 e. The van der Waals surface area contributed by atoms with Crippen LogP contribution in [0.1, 0.15) is 41.6 Å². The number of hydrogen-bond donors (Lipinski definition) is 1. The van der Waals surface area contributed by atoms with Gasteiger partial charge in [0.2, 0.25) is 5.91 Å². The van der Waals surface area contributed by atoms with Gasteiger partial charge in [-0.25, -0.2) is 0 Å². The second-order valence-corrected chi connectivity index (χ2v) is 6.27. The summed E-state index contributed by atoms with van der Waals surface area (Å²) in [5, 5.41) is 9.20. The summed E-state index contributed by atoms with van der Waals surface area (Å²) in [7, 11) is 0. The van der Waals surface area contributed by atoms with Crippen LogP contribution in [0, 0.1) is 11.8 Å². The highest BCUT2D eigenvalue weighted by molar-refractivity contribution is 6.01. The van der Waals surface area contributed by atoms with Crippen LogP contribution in [0.15, 0.2) is 24.3 Å². The fourth-order valence-electron chi connectivity index (χ4n) is 3.57. The number of hydrogen-bond acceptors (Lipinski definition) is 3. The highest BCUT2D eigenvalue weighted by atomic mass is 16.4. The summed E-state index contributed by atoms with van der Waals surface area (Å²) in [5.74, 6) is -1.67. The first kappa shape index (κ1) is 14.8. The third-order valence-electron chi connectivity index (χ3n) is 4.84. The van der Waals surface area contributed by atoms with Crippen molar-refractivity contribution in [3.8, 4) is 0 Å². The average molecular weight is 301 g/mol. The van der Waals surface area contributed by atoms with Crippen molar-refractivity contribution in [3.05, 3.63) is 35.4 Å². The van der Waals surface area contributed by atoms with Crippen LogP contribution in [-0.2, 0) is 9.59 Å². The number of nitrogens with zero attached hydrogens (tertiary/aromatic N) is 1. The Labute approximate surface area is 128 Å². The SMILES string of the molecule is C[C@@H]1CN(C(=O)C2CCC(=O)c3ccccc32)C[C@H]1C(=O)O. The minimum atomic E-state index is -0.845. The van der Waals surface area contributed by atoms with Crippen molar-refractivity contribution in [2.45, 2.75) is 25.7 Å². The zero-order valence-corrected chi connectivity index (χ0v) is 12.5.